The molecule has 0 N–H and O–H groups in total. The van der Waals surface area contributed by atoms with Gasteiger partial charge < -0.3 is 4.74 Å². The van der Waals surface area contributed by atoms with Gasteiger partial charge in [0, 0.05) is 13.1 Å². The first-order valence-corrected chi connectivity index (χ1v) is 3.38. The minimum atomic E-state index is 0.188. The van der Waals surface area contributed by atoms with E-state index in [0.717, 1.165) is 0 Å². The van der Waals surface area contributed by atoms with Crippen LogP contribution in [0.25, 0.3) is 0 Å². The lowest BCUT2D eigenvalue weighted by molar-refractivity contribution is 0.0491. The average Bonchev–Trinajstić information content (AvgIpc) is 2.09. The third kappa shape index (κ3) is 1.91. The van der Waals surface area contributed by atoms with Crippen molar-refractivity contribution in [2.75, 3.05) is 26.3 Å². The zero-order chi connectivity index (χ0) is 8.10. The molecule has 0 amide bonds. The van der Waals surface area contributed by atoms with Crippen molar-refractivity contribution in [3.05, 3.63) is 6.04 Å². The molecule has 1 fully saturated rings. The summed E-state index contributed by atoms with van der Waals surface area (Å²) in [6.45, 7) is 2.51. The van der Waals surface area contributed by atoms with Crippen LogP contribution in [-0.4, -0.2) is 31.2 Å². The van der Waals surface area contributed by atoms with Gasteiger partial charge in [0.05, 0.1) is 13.2 Å². The molecule has 1 aliphatic rings. The number of nitriles is 2. The highest BCUT2D eigenvalue weighted by molar-refractivity contribution is 5.25. The zero-order valence-corrected chi connectivity index (χ0v) is 6.08. The number of hydrogen-bond donors (Lipinski definition) is 0. The van der Waals surface area contributed by atoms with Crippen LogP contribution in [0.2, 0.25) is 0 Å². The van der Waals surface area contributed by atoms with E-state index in [9.17, 15) is 0 Å². The Labute approximate surface area is 65.6 Å². The van der Waals surface area contributed by atoms with Gasteiger partial charge in [-0.3, -0.25) is 4.90 Å². The number of hydrogen-bond acceptors (Lipinski definition) is 4. The number of nitrogens with zero attached hydrogens (tertiary/aromatic N) is 3. The molecule has 0 aromatic carbocycles. The van der Waals surface area contributed by atoms with E-state index in [1.165, 1.54) is 0 Å². The van der Waals surface area contributed by atoms with Crippen LogP contribution in [0, 0.1) is 28.7 Å². The lowest BCUT2D eigenvalue weighted by Crippen LogP contribution is -2.38. The maximum absolute atomic E-state index is 8.49. The van der Waals surface area contributed by atoms with Gasteiger partial charge in [0.2, 0.25) is 6.04 Å². The van der Waals surface area contributed by atoms with E-state index in [1.807, 2.05) is 12.1 Å². The maximum atomic E-state index is 8.49. The Morgan fingerprint density at radius 2 is 1.73 bits per heavy atom. The van der Waals surface area contributed by atoms with E-state index in [1.54, 1.807) is 4.90 Å². The molecule has 0 aromatic heterocycles. The largest absolute Gasteiger partial charge is 0.379 e. The molecule has 1 rings (SSSR count). The molecule has 57 valence electrons. The van der Waals surface area contributed by atoms with Gasteiger partial charge in [-0.05, 0) is 0 Å². The van der Waals surface area contributed by atoms with Crippen LogP contribution in [0.15, 0.2) is 0 Å². The second-order valence-electron chi connectivity index (χ2n) is 2.17. The highest BCUT2D eigenvalue weighted by atomic mass is 16.5. The number of morpholine rings is 1. The van der Waals surface area contributed by atoms with Gasteiger partial charge in [0.1, 0.15) is 12.1 Å². The highest BCUT2D eigenvalue weighted by Crippen LogP contribution is 2.07. The predicted octanol–water partition coefficient (Wildman–Crippen LogP) is -0.102. The monoisotopic (exact) mass is 150 g/mol. The van der Waals surface area contributed by atoms with Crippen LogP contribution in [0.3, 0.4) is 0 Å². The molecular weight excluding hydrogens is 142 g/mol. The van der Waals surface area contributed by atoms with E-state index in [4.69, 9.17) is 15.3 Å². The molecule has 0 bridgehead atoms. The van der Waals surface area contributed by atoms with Crippen LogP contribution in [0.4, 0.5) is 0 Å². The quantitative estimate of drug-likeness (QED) is 0.523. The van der Waals surface area contributed by atoms with E-state index >= 15 is 0 Å². The van der Waals surface area contributed by atoms with Crippen molar-refractivity contribution in [1.82, 2.24) is 4.90 Å². The van der Waals surface area contributed by atoms with Crippen LogP contribution in [0.5, 0.6) is 0 Å². The molecule has 1 radical (unpaired) electrons. The fraction of sp³-hybridized carbons (Fsp3) is 0.571. The van der Waals surface area contributed by atoms with Crippen molar-refractivity contribution in [3.63, 3.8) is 0 Å². The van der Waals surface area contributed by atoms with Gasteiger partial charge in [0.15, 0.2) is 0 Å². The van der Waals surface area contributed by atoms with Crippen molar-refractivity contribution < 1.29 is 4.74 Å². The molecule has 1 saturated heterocycles. The molecule has 0 atom stereocenters. The lowest BCUT2D eigenvalue weighted by Gasteiger charge is -2.25. The van der Waals surface area contributed by atoms with E-state index in [2.05, 4.69) is 0 Å². The fourth-order valence-corrected chi connectivity index (χ4v) is 0.953. The predicted molar refractivity (Wildman–Crippen MR) is 36.9 cm³/mol. The van der Waals surface area contributed by atoms with Crippen LogP contribution < -0.4 is 0 Å². The average molecular weight is 150 g/mol. The summed E-state index contributed by atoms with van der Waals surface area (Å²) in [5.74, 6) is 0. The lowest BCUT2D eigenvalue weighted by atomic mass is 10.3. The van der Waals surface area contributed by atoms with E-state index in [0.29, 0.717) is 26.3 Å². The third-order valence-corrected chi connectivity index (χ3v) is 1.54. The summed E-state index contributed by atoms with van der Waals surface area (Å²) in [6.07, 6.45) is 0. The molecule has 1 aliphatic heterocycles. The van der Waals surface area contributed by atoms with E-state index in [-0.39, 0.29) is 6.04 Å². The molecule has 4 nitrogen and oxygen atoms in total. The molecule has 0 spiro atoms. The minimum absolute atomic E-state index is 0.188. The van der Waals surface area contributed by atoms with Crippen LogP contribution >= 0.6 is 0 Å². The van der Waals surface area contributed by atoms with Gasteiger partial charge in [-0.15, -0.1) is 0 Å². The SMILES string of the molecule is N#C[C](C#N)N1CCOCC1. The van der Waals surface area contributed by atoms with Gasteiger partial charge in [-0.2, -0.15) is 10.5 Å². The second kappa shape index (κ2) is 3.92. The maximum Gasteiger partial charge on any atom is 0.242 e. The fourth-order valence-electron chi connectivity index (χ4n) is 0.953. The Morgan fingerprint density at radius 1 is 1.18 bits per heavy atom. The van der Waals surface area contributed by atoms with Gasteiger partial charge >= 0.3 is 0 Å². The Bertz CT molecular complexity index is 183. The Morgan fingerprint density at radius 3 is 2.18 bits per heavy atom. The molecule has 0 unspecified atom stereocenters. The summed E-state index contributed by atoms with van der Waals surface area (Å²) in [4.78, 5) is 1.74. The third-order valence-electron chi connectivity index (χ3n) is 1.54. The smallest absolute Gasteiger partial charge is 0.242 e. The van der Waals surface area contributed by atoms with Crippen molar-refractivity contribution in [1.29, 1.82) is 10.5 Å². The Balaban J connectivity index is 2.46. The first-order valence-electron chi connectivity index (χ1n) is 3.38. The van der Waals surface area contributed by atoms with Crippen molar-refractivity contribution in [3.8, 4) is 12.1 Å². The topological polar surface area (TPSA) is 60.0 Å². The van der Waals surface area contributed by atoms with Gasteiger partial charge in [-0.25, -0.2) is 0 Å². The molecule has 4 heteroatoms. The van der Waals surface area contributed by atoms with E-state index < -0.39 is 0 Å². The second-order valence-corrected chi connectivity index (χ2v) is 2.17. The van der Waals surface area contributed by atoms with Crippen molar-refractivity contribution in [2.24, 2.45) is 0 Å². The molecule has 0 saturated carbocycles. The highest BCUT2D eigenvalue weighted by Gasteiger charge is 2.20. The van der Waals surface area contributed by atoms with Gasteiger partial charge in [-0.1, -0.05) is 0 Å². The summed E-state index contributed by atoms with van der Waals surface area (Å²) >= 11 is 0. The molecule has 1 heterocycles. The number of ether oxygens (including phenoxy) is 1. The van der Waals surface area contributed by atoms with Crippen molar-refractivity contribution >= 4 is 0 Å². The summed E-state index contributed by atoms with van der Waals surface area (Å²) < 4.78 is 5.07. The minimum Gasteiger partial charge on any atom is -0.379 e. The number of rotatable bonds is 1. The molecule has 0 aliphatic carbocycles. The summed E-state index contributed by atoms with van der Waals surface area (Å²) in [6, 6.07) is 3.88. The van der Waals surface area contributed by atoms with Crippen molar-refractivity contribution in [2.45, 2.75) is 0 Å². The van der Waals surface area contributed by atoms with Crippen LogP contribution in [0.1, 0.15) is 0 Å². The standard InChI is InChI=1S/C7H8N3O/c8-5-7(6-9)10-1-3-11-4-2-10/h1-4H2. The Kier molecular flexibility index (Phi) is 2.85. The summed E-state index contributed by atoms with van der Waals surface area (Å²) in [5.41, 5.74) is 0. The molecule has 11 heavy (non-hydrogen) atoms. The first-order chi connectivity index (χ1) is 5.38. The zero-order valence-electron chi connectivity index (χ0n) is 6.08. The normalized spacial score (nSPS) is 19.2. The van der Waals surface area contributed by atoms with Gasteiger partial charge in [0.25, 0.3) is 0 Å². The molecule has 0 aromatic rings. The van der Waals surface area contributed by atoms with Crippen LogP contribution in [-0.2, 0) is 4.74 Å². The Hall–Kier alpha value is -1.10. The molecular formula is C7H8N3O. The first kappa shape index (κ1) is 8.00. The summed E-state index contributed by atoms with van der Waals surface area (Å²) in [7, 11) is 0. The summed E-state index contributed by atoms with van der Waals surface area (Å²) in [5, 5.41) is 17.0.